The first-order chi connectivity index (χ1) is 9.48. The lowest BCUT2D eigenvalue weighted by Crippen LogP contribution is -2.50. The largest absolute Gasteiger partial charge is 0.340 e. The zero-order chi connectivity index (χ0) is 14.3. The van der Waals surface area contributed by atoms with Crippen LogP contribution in [0.4, 0.5) is 0 Å². The van der Waals surface area contributed by atoms with E-state index in [4.69, 9.17) is 11.6 Å². The second kappa shape index (κ2) is 5.25. The van der Waals surface area contributed by atoms with E-state index in [1.54, 1.807) is 4.90 Å². The number of aromatic nitrogens is 1. The van der Waals surface area contributed by atoms with Gasteiger partial charge < -0.3 is 4.90 Å². The third-order valence-electron chi connectivity index (χ3n) is 3.53. The molecule has 3 rings (SSSR count). The van der Waals surface area contributed by atoms with E-state index in [2.05, 4.69) is 4.98 Å². The fourth-order valence-corrected chi connectivity index (χ4v) is 5.09. The topological polar surface area (TPSA) is 70.6 Å². The van der Waals surface area contributed by atoms with Crippen molar-refractivity contribution in [2.24, 2.45) is 5.92 Å². The summed E-state index contributed by atoms with van der Waals surface area (Å²) in [4.78, 5) is 17.5. The van der Waals surface area contributed by atoms with Crippen LogP contribution >= 0.6 is 22.9 Å². The van der Waals surface area contributed by atoms with E-state index >= 15 is 0 Å². The zero-order valence-corrected chi connectivity index (χ0v) is 13.0. The second-order valence-corrected chi connectivity index (χ2v) is 8.71. The van der Waals surface area contributed by atoms with Crippen LogP contribution in [0.3, 0.4) is 0 Å². The summed E-state index contributed by atoms with van der Waals surface area (Å²) in [6, 6.07) is 0. The third-order valence-corrected chi connectivity index (χ3v) is 6.98. The van der Waals surface area contributed by atoms with Gasteiger partial charge in [0.25, 0.3) is 10.0 Å². The van der Waals surface area contributed by atoms with E-state index in [0.717, 1.165) is 24.2 Å². The van der Waals surface area contributed by atoms with Crippen molar-refractivity contribution in [3.05, 3.63) is 10.7 Å². The smallest absolute Gasteiger partial charge is 0.254 e. The average Bonchev–Trinajstić information content (AvgIpc) is 3.19. The standard InChI is InChI=1S/C11H14ClN3O3S2/c12-11-13-7-9(19-11)20(17,18)15-5-3-14(4-6-15)10(16)8-1-2-8/h7-8H,1-6H2. The number of rotatable bonds is 3. The molecule has 0 N–H and O–H groups in total. The Bertz CT molecular complexity index is 619. The van der Waals surface area contributed by atoms with Crippen molar-refractivity contribution in [3.63, 3.8) is 0 Å². The van der Waals surface area contributed by atoms with Gasteiger partial charge in [-0.25, -0.2) is 13.4 Å². The number of halogens is 1. The van der Waals surface area contributed by atoms with Gasteiger partial charge in [-0.3, -0.25) is 4.79 Å². The van der Waals surface area contributed by atoms with Crippen LogP contribution in [0.5, 0.6) is 0 Å². The predicted molar refractivity (Wildman–Crippen MR) is 75.2 cm³/mol. The monoisotopic (exact) mass is 335 g/mol. The summed E-state index contributed by atoms with van der Waals surface area (Å²) < 4.78 is 26.5. The van der Waals surface area contributed by atoms with Gasteiger partial charge in [0.05, 0.1) is 6.20 Å². The summed E-state index contributed by atoms with van der Waals surface area (Å²) in [6.45, 7) is 1.58. The predicted octanol–water partition coefficient (Wildman–Crippen LogP) is 1.04. The first-order valence-electron chi connectivity index (χ1n) is 6.39. The zero-order valence-electron chi connectivity index (χ0n) is 10.7. The van der Waals surface area contributed by atoms with Crippen LogP contribution in [0, 0.1) is 5.92 Å². The first kappa shape index (κ1) is 14.2. The minimum absolute atomic E-state index is 0.157. The van der Waals surface area contributed by atoms with Crippen molar-refractivity contribution in [1.82, 2.24) is 14.2 Å². The molecule has 1 amide bonds. The van der Waals surface area contributed by atoms with Crippen molar-refractivity contribution < 1.29 is 13.2 Å². The maximum atomic E-state index is 12.4. The van der Waals surface area contributed by atoms with Crippen LogP contribution in [0.25, 0.3) is 0 Å². The van der Waals surface area contributed by atoms with Crippen molar-refractivity contribution in [2.45, 2.75) is 17.1 Å². The minimum Gasteiger partial charge on any atom is -0.340 e. The Labute approximate surface area is 126 Å². The van der Waals surface area contributed by atoms with Gasteiger partial charge in [-0.1, -0.05) is 22.9 Å². The summed E-state index contributed by atoms with van der Waals surface area (Å²) in [5.41, 5.74) is 0. The fraction of sp³-hybridized carbons (Fsp3) is 0.636. The highest BCUT2D eigenvalue weighted by Gasteiger charge is 2.37. The highest BCUT2D eigenvalue weighted by molar-refractivity contribution is 7.91. The van der Waals surface area contributed by atoms with E-state index in [9.17, 15) is 13.2 Å². The molecule has 1 aliphatic heterocycles. The van der Waals surface area contributed by atoms with Crippen molar-refractivity contribution in [1.29, 1.82) is 0 Å². The highest BCUT2D eigenvalue weighted by Crippen LogP contribution is 2.32. The Kier molecular flexibility index (Phi) is 3.74. The lowest BCUT2D eigenvalue weighted by molar-refractivity contribution is -0.133. The molecule has 6 nitrogen and oxygen atoms in total. The van der Waals surface area contributed by atoms with Crippen LogP contribution < -0.4 is 0 Å². The highest BCUT2D eigenvalue weighted by atomic mass is 35.5. The Morgan fingerprint density at radius 1 is 1.30 bits per heavy atom. The summed E-state index contributed by atoms with van der Waals surface area (Å²) >= 11 is 6.64. The molecule has 2 fully saturated rings. The molecule has 2 heterocycles. The third kappa shape index (κ3) is 2.69. The van der Waals surface area contributed by atoms with E-state index in [0.29, 0.717) is 26.2 Å². The van der Waals surface area contributed by atoms with Crippen molar-refractivity contribution in [2.75, 3.05) is 26.2 Å². The second-order valence-electron chi connectivity index (χ2n) is 4.94. The number of nitrogens with zero attached hydrogens (tertiary/aromatic N) is 3. The van der Waals surface area contributed by atoms with Gasteiger partial charge in [-0.15, -0.1) is 0 Å². The fourth-order valence-electron chi connectivity index (χ4n) is 2.22. The molecule has 1 saturated heterocycles. The molecule has 1 aromatic rings. The number of carbonyl (C=O) groups is 1. The molecule has 1 aliphatic carbocycles. The SMILES string of the molecule is O=C(C1CC1)N1CCN(S(=O)(=O)c2cnc(Cl)s2)CC1. The molecule has 2 aliphatic rings. The number of carbonyl (C=O) groups excluding carboxylic acids is 1. The number of amides is 1. The molecule has 9 heteroatoms. The van der Waals surface area contributed by atoms with Gasteiger partial charge in [-0.2, -0.15) is 4.31 Å². The lowest BCUT2D eigenvalue weighted by Gasteiger charge is -2.33. The number of hydrogen-bond acceptors (Lipinski definition) is 5. The van der Waals surface area contributed by atoms with Crippen molar-refractivity contribution >= 4 is 38.9 Å². The van der Waals surface area contributed by atoms with Crippen molar-refractivity contribution in [3.8, 4) is 0 Å². The van der Waals surface area contributed by atoms with Gasteiger partial charge in [0.15, 0.2) is 8.68 Å². The molecule has 0 atom stereocenters. The number of sulfonamides is 1. The lowest BCUT2D eigenvalue weighted by atomic mass is 10.3. The molecule has 1 saturated carbocycles. The van der Waals surface area contributed by atoms with E-state index in [1.807, 2.05) is 0 Å². The van der Waals surface area contributed by atoms with Crippen LogP contribution in [0.15, 0.2) is 10.4 Å². The first-order valence-corrected chi connectivity index (χ1v) is 9.02. The number of piperazine rings is 1. The molecule has 0 bridgehead atoms. The van der Waals surface area contributed by atoms with Gasteiger partial charge in [0, 0.05) is 32.1 Å². The Balaban J connectivity index is 1.66. The number of thiazole rings is 1. The van der Waals surface area contributed by atoms with Crippen LogP contribution in [0.2, 0.25) is 4.47 Å². The quantitative estimate of drug-likeness (QED) is 0.827. The molecule has 20 heavy (non-hydrogen) atoms. The molecule has 0 spiro atoms. The maximum Gasteiger partial charge on any atom is 0.254 e. The molecular weight excluding hydrogens is 322 g/mol. The average molecular weight is 336 g/mol. The van der Waals surface area contributed by atoms with E-state index in [-0.39, 0.29) is 20.5 Å². The maximum absolute atomic E-state index is 12.4. The van der Waals surface area contributed by atoms with Gasteiger partial charge in [0.2, 0.25) is 5.91 Å². The van der Waals surface area contributed by atoms with Crippen LogP contribution in [0.1, 0.15) is 12.8 Å². The summed E-state index contributed by atoms with van der Waals surface area (Å²) in [5, 5.41) is 0. The molecule has 1 aromatic heterocycles. The molecule has 0 unspecified atom stereocenters. The van der Waals surface area contributed by atoms with Gasteiger partial charge >= 0.3 is 0 Å². The molecule has 110 valence electrons. The van der Waals surface area contributed by atoms with E-state index in [1.165, 1.54) is 10.5 Å². The Hall–Kier alpha value is -0.700. The summed E-state index contributed by atoms with van der Waals surface area (Å²) in [5.74, 6) is 0.348. The summed E-state index contributed by atoms with van der Waals surface area (Å²) in [7, 11) is -3.53. The van der Waals surface area contributed by atoms with Gasteiger partial charge in [-0.05, 0) is 12.8 Å². The Morgan fingerprint density at radius 2 is 1.95 bits per heavy atom. The molecule has 0 radical (unpaired) electrons. The molecule has 0 aromatic carbocycles. The Morgan fingerprint density at radius 3 is 2.45 bits per heavy atom. The minimum atomic E-state index is -3.53. The number of hydrogen-bond donors (Lipinski definition) is 0. The summed E-state index contributed by atoms with van der Waals surface area (Å²) in [6.07, 6.45) is 3.22. The van der Waals surface area contributed by atoms with Crippen LogP contribution in [-0.2, 0) is 14.8 Å². The normalized spacial score (nSPS) is 21.1. The van der Waals surface area contributed by atoms with E-state index < -0.39 is 10.0 Å². The van der Waals surface area contributed by atoms with Crippen LogP contribution in [-0.4, -0.2) is 54.7 Å². The van der Waals surface area contributed by atoms with Gasteiger partial charge in [0.1, 0.15) is 0 Å². The molecular formula is C11H14ClN3O3S2.